The third kappa shape index (κ3) is 4.98. The summed E-state index contributed by atoms with van der Waals surface area (Å²) in [7, 11) is 0. The molecule has 0 fully saturated rings. The zero-order chi connectivity index (χ0) is 15.8. The molecule has 22 heavy (non-hydrogen) atoms. The molecule has 0 spiro atoms. The number of carbonyl (C=O) groups is 1. The van der Waals surface area contributed by atoms with Crippen molar-refractivity contribution < 1.29 is 9.53 Å². The van der Waals surface area contributed by atoms with Gasteiger partial charge in [0.15, 0.2) is 0 Å². The summed E-state index contributed by atoms with van der Waals surface area (Å²) in [5.74, 6) is 0.691. The smallest absolute Gasteiger partial charge is 0.319 e. The van der Waals surface area contributed by atoms with Gasteiger partial charge in [-0.3, -0.25) is 0 Å². The molecule has 2 aromatic carbocycles. The van der Waals surface area contributed by atoms with E-state index in [1.807, 2.05) is 49.4 Å². The Morgan fingerprint density at radius 1 is 1.23 bits per heavy atom. The van der Waals surface area contributed by atoms with Gasteiger partial charge in [0, 0.05) is 18.3 Å². The molecule has 114 valence electrons. The van der Waals surface area contributed by atoms with Crippen molar-refractivity contribution in [3.8, 4) is 5.75 Å². The summed E-state index contributed by atoms with van der Waals surface area (Å²) >= 11 is 0. The van der Waals surface area contributed by atoms with Crippen molar-refractivity contribution in [1.82, 2.24) is 5.32 Å². The van der Waals surface area contributed by atoms with Crippen molar-refractivity contribution in [2.24, 2.45) is 0 Å². The predicted octanol–water partition coefficient (Wildman–Crippen LogP) is 3.88. The van der Waals surface area contributed by atoms with E-state index in [-0.39, 0.29) is 6.03 Å². The van der Waals surface area contributed by atoms with Crippen molar-refractivity contribution in [2.75, 3.05) is 11.9 Å². The van der Waals surface area contributed by atoms with Crippen LogP contribution < -0.4 is 15.4 Å². The second-order valence-electron chi connectivity index (χ2n) is 4.92. The Labute approximate surface area is 130 Å². The van der Waals surface area contributed by atoms with E-state index in [0.717, 1.165) is 5.56 Å². The summed E-state index contributed by atoms with van der Waals surface area (Å²) in [6, 6.07) is 15.0. The fourth-order valence-corrected chi connectivity index (χ4v) is 2.00. The van der Waals surface area contributed by atoms with Gasteiger partial charge in [0.25, 0.3) is 0 Å². The van der Waals surface area contributed by atoms with Crippen LogP contribution in [0, 0.1) is 6.92 Å². The van der Waals surface area contributed by atoms with Gasteiger partial charge < -0.3 is 15.4 Å². The Bertz CT molecular complexity index is 653. The number of anilines is 1. The lowest BCUT2D eigenvalue weighted by atomic mass is 10.1. The van der Waals surface area contributed by atoms with Gasteiger partial charge in [0.05, 0.1) is 0 Å². The molecule has 2 N–H and O–H groups in total. The van der Waals surface area contributed by atoms with Gasteiger partial charge in [-0.05, 0) is 24.6 Å². The second kappa shape index (κ2) is 7.88. The number of rotatable bonds is 6. The summed E-state index contributed by atoms with van der Waals surface area (Å²) in [6.45, 7) is 6.55. The third-order valence-corrected chi connectivity index (χ3v) is 3.00. The van der Waals surface area contributed by atoms with E-state index < -0.39 is 0 Å². The second-order valence-corrected chi connectivity index (χ2v) is 4.92. The normalized spacial score (nSPS) is 9.86. The molecule has 0 atom stereocenters. The van der Waals surface area contributed by atoms with E-state index >= 15 is 0 Å². The number of carbonyl (C=O) groups excluding carboxylic acids is 1. The Hall–Kier alpha value is -2.75. The van der Waals surface area contributed by atoms with Gasteiger partial charge in [-0.2, -0.15) is 0 Å². The Kier molecular flexibility index (Phi) is 5.60. The first-order valence-electron chi connectivity index (χ1n) is 7.11. The van der Waals surface area contributed by atoms with Crippen LogP contribution in [0.5, 0.6) is 5.75 Å². The summed E-state index contributed by atoms with van der Waals surface area (Å²) in [5, 5.41) is 5.62. The van der Waals surface area contributed by atoms with Gasteiger partial charge >= 0.3 is 6.03 Å². The third-order valence-electron chi connectivity index (χ3n) is 3.00. The summed E-state index contributed by atoms with van der Waals surface area (Å²) < 4.78 is 5.43. The number of hydrogen-bond donors (Lipinski definition) is 2. The van der Waals surface area contributed by atoms with Crippen LogP contribution >= 0.6 is 0 Å². The highest BCUT2D eigenvalue weighted by Crippen LogP contribution is 2.17. The zero-order valence-corrected chi connectivity index (χ0v) is 12.6. The minimum Gasteiger partial charge on any atom is -0.489 e. The zero-order valence-electron chi connectivity index (χ0n) is 12.6. The standard InChI is InChI=1S/C18H20N2O2/c1-3-10-22-17-9-5-8-16(12-17)20-18(21)19-13-15-7-4-6-14(2)11-15/h3-9,11-12H,1,10,13H2,2H3,(H2,19,20,21). The molecule has 0 saturated heterocycles. The SMILES string of the molecule is C=CCOc1cccc(NC(=O)NCc2cccc(C)c2)c1. The molecule has 0 saturated carbocycles. The largest absolute Gasteiger partial charge is 0.489 e. The predicted molar refractivity (Wildman–Crippen MR) is 89.2 cm³/mol. The fraction of sp³-hybridized carbons (Fsp3) is 0.167. The van der Waals surface area contributed by atoms with E-state index in [9.17, 15) is 4.79 Å². The first kappa shape index (κ1) is 15.6. The van der Waals surface area contributed by atoms with Crippen LogP contribution in [0.1, 0.15) is 11.1 Å². The van der Waals surface area contributed by atoms with E-state index in [1.54, 1.807) is 12.1 Å². The van der Waals surface area contributed by atoms with Crippen molar-refractivity contribution >= 4 is 11.7 Å². The van der Waals surface area contributed by atoms with Gasteiger partial charge in [-0.25, -0.2) is 4.79 Å². The highest BCUT2D eigenvalue weighted by molar-refractivity contribution is 5.89. The molecular weight excluding hydrogens is 276 g/mol. The van der Waals surface area contributed by atoms with Crippen LogP contribution in [0.2, 0.25) is 0 Å². The summed E-state index contributed by atoms with van der Waals surface area (Å²) in [6.07, 6.45) is 1.68. The molecule has 4 nitrogen and oxygen atoms in total. The fourth-order valence-electron chi connectivity index (χ4n) is 2.00. The number of ether oxygens (including phenoxy) is 1. The molecule has 0 radical (unpaired) electrons. The number of benzene rings is 2. The van der Waals surface area contributed by atoms with Crippen LogP contribution in [0.3, 0.4) is 0 Å². The number of aryl methyl sites for hydroxylation is 1. The van der Waals surface area contributed by atoms with Crippen LogP contribution in [0.25, 0.3) is 0 Å². The van der Waals surface area contributed by atoms with Crippen LogP contribution in [0.4, 0.5) is 10.5 Å². The van der Waals surface area contributed by atoms with Gasteiger partial charge in [-0.1, -0.05) is 48.6 Å². The van der Waals surface area contributed by atoms with Gasteiger partial charge in [-0.15, -0.1) is 0 Å². The average molecular weight is 296 g/mol. The summed E-state index contributed by atoms with van der Waals surface area (Å²) in [5.41, 5.74) is 2.92. The first-order valence-corrected chi connectivity index (χ1v) is 7.11. The van der Waals surface area contributed by atoms with Gasteiger partial charge in [0.2, 0.25) is 0 Å². The molecule has 0 aliphatic carbocycles. The molecule has 0 aliphatic heterocycles. The van der Waals surface area contributed by atoms with E-state index in [0.29, 0.717) is 24.6 Å². The van der Waals surface area contributed by atoms with Crippen molar-refractivity contribution in [2.45, 2.75) is 13.5 Å². The molecular formula is C18H20N2O2. The van der Waals surface area contributed by atoms with Crippen molar-refractivity contribution in [3.05, 3.63) is 72.3 Å². The monoisotopic (exact) mass is 296 g/mol. The quantitative estimate of drug-likeness (QED) is 0.795. The number of hydrogen-bond acceptors (Lipinski definition) is 2. The number of urea groups is 1. The molecule has 0 aromatic heterocycles. The van der Waals surface area contributed by atoms with Crippen LogP contribution in [-0.4, -0.2) is 12.6 Å². The molecule has 0 unspecified atom stereocenters. The first-order chi connectivity index (χ1) is 10.7. The van der Waals surface area contributed by atoms with Crippen LogP contribution in [0.15, 0.2) is 61.2 Å². The van der Waals surface area contributed by atoms with Crippen LogP contribution in [-0.2, 0) is 6.54 Å². The molecule has 2 rings (SSSR count). The highest BCUT2D eigenvalue weighted by atomic mass is 16.5. The van der Waals surface area contributed by atoms with Crippen molar-refractivity contribution in [3.63, 3.8) is 0 Å². The molecule has 4 heteroatoms. The lowest BCUT2D eigenvalue weighted by Gasteiger charge is -2.10. The lowest BCUT2D eigenvalue weighted by molar-refractivity contribution is 0.251. The Balaban J connectivity index is 1.87. The molecule has 0 bridgehead atoms. The maximum absolute atomic E-state index is 11.9. The minimum absolute atomic E-state index is 0.248. The van der Waals surface area contributed by atoms with E-state index in [4.69, 9.17) is 4.74 Å². The minimum atomic E-state index is -0.248. The molecule has 0 aliphatic rings. The highest BCUT2D eigenvalue weighted by Gasteiger charge is 2.03. The topological polar surface area (TPSA) is 50.4 Å². The lowest BCUT2D eigenvalue weighted by Crippen LogP contribution is -2.28. The Morgan fingerprint density at radius 3 is 2.82 bits per heavy atom. The summed E-state index contributed by atoms with van der Waals surface area (Å²) in [4.78, 5) is 11.9. The van der Waals surface area contributed by atoms with Gasteiger partial charge in [0.1, 0.15) is 12.4 Å². The Morgan fingerprint density at radius 2 is 2.05 bits per heavy atom. The molecule has 0 heterocycles. The average Bonchev–Trinajstić information content (AvgIpc) is 2.51. The van der Waals surface area contributed by atoms with Crippen molar-refractivity contribution in [1.29, 1.82) is 0 Å². The van der Waals surface area contributed by atoms with E-state index in [1.165, 1.54) is 5.56 Å². The molecule has 2 amide bonds. The molecule has 2 aromatic rings. The number of amides is 2. The maximum atomic E-state index is 11.9. The van der Waals surface area contributed by atoms with E-state index in [2.05, 4.69) is 17.2 Å². The maximum Gasteiger partial charge on any atom is 0.319 e. The number of nitrogens with one attached hydrogen (secondary N) is 2.